The molecule has 1 aromatic carbocycles. The van der Waals surface area contributed by atoms with E-state index in [2.05, 4.69) is 10.6 Å². The fraction of sp³-hybridized carbons (Fsp3) is 0.357. The number of carboxylic acid groups (broad SMARTS) is 1. The minimum atomic E-state index is -0.999. The summed E-state index contributed by atoms with van der Waals surface area (Å²) < 4.78 is 0. The molecule has 6 heteroatoms. The van der Waals surface area contributed by atoms with Crippen molar-refractivity contribution in [3.05, 3.63) is 29.3 Å². The smallest absolute Gasteiger partial charge is 0.335 e. The number of nitrogens with one attached hydrogen (secondary N) is 2. The van der Waals surface area contributed by atoms with Crippen molar-refractivity contribution in [2.24, 2.45) is 5.92 Å². The van der Waals surface area contributed by atoms with Crippen molar-refractivity contribution in [3.63, 3.8) is 0 Å². The molecule has 2 rings (SSSR count). The Morgan fingerprint density at radius 2 is 2.15 bits per heavy atom. The van der Waals surface area contributed by atoms with Crippen LogP contribution in [0.25, 0.3) is 0 Å². The van der Waals surface area contributed by atoms with Crippen LogP contribution in [0.2, 0.25) is 0 Å². The first kappa shape index (κ1) is 14.0. The van der Waals surface area contributed by atoms with Gasteiger partial charge in [0.25, 0.3) is 0 Å². The van der Waals surface area contributed by atoms with Crippen LogP contribution in [0, 0.1) is 12.8 Å². The van der Waals surface area contributed by atoms with Crippen LogP contribution in [0.3, 0.4) is 0 Å². The van der Waals surface area contributed by atoms with E-state index in [-0.39, 0.29) is 23.3 Å². The molecule has 6 nitrogen and oxygen atoms in total. The van der Waals surface area contributed by atoms with Gasteiger partial charge in [0.05, 0.1) is 11.5 Å². The Bertz CT molecular complexity index is 558. The number of aromatic carboxylic acids is 1. The Labute approximate surface area is 116 Å². The number of carbonyl (C=O) groups excluding carboxylic acids is 2. The molecule has 1 fully saturated rings. The second kappa shape index (κ2) is 5.73. The Balaban J connectivity index is 2.04. The van der Waals surface area contributed by atoms with E-state index in [1.807, 2.05) is 0 Å². The first-order valence-corrected chi connectivity index (χ1v) is 6.39. The fourth-order valence-corrected chi connectivity index (χ4v) is 2.13. The summed E-state index contributed by atoms with van der Waals surface area (Å²) in [5.74, 6) is -1.43. The number of hydrogen-bond acceptors (Lipinski definition) is 3. The van der Waals surface area contributed by atoms with Crippen molar-refractivity contribution in [2.75, 3.05) is 11.9 Å². The van der Waals surface area contributed by atoms with Crippen LogP contribution in [0.1, 0.15) is 28.8 Å². The second-order valence-corrected chi connectivity index (χ2v) is 4.86. The molecule has 3 N–H and O–H groups in total. The van der Waals surface area contributed by atoms with Crippen LogP contribution < -0.4 is 10.6 Å². The Morgan fingerprint density at radius 3 is 2.70 bits per heavy atom. The molecule has 1 aliphatic rings. The highest BCUT2D eigenvalue weighted by Gasteiger charge is 2.24. The SMILES string of the molecule is Cc1cc(C(=O)O)ccc1NC(=O)C1CCC(=O)NC1. The van der Waals surface area contributed by atoms with E-state index in [0.29, 0.717) is 30.6 Å². The highest BCUT2D eigenvalue weighted by Crippen LogP contribution is 2.19. The van der Waals surface area contributed by atoms with Crippen molar-refractivity contribution in [3.8, 4) is 0 Å². The van der Waals surface area contributed by atoms with Crippen LogP contribution in [0.5, 0.6) is 0 Å². The topological polar surface area (TPSA) is 95.5 Å². The lowest BCUT2D eigenvalue weighted by molar-refractivity contribution is -0.126. The maximum absolute atomic E-state index is 12.1. The predicted octanol–water partition coefficient (Wildman–Crippen LogP) is 1.16. The fourth-order valence-electron chi connectivity index (χ4n) is 2.13. The van der Waals surface area contributed by atoms with Crippen molar-refractivity contribution >= 4 is 23.5 Å². The molecule has 1 atom stereocenters. The Kier molecular flexibility index (Phi) is 4.02. The standard InChI is InChI=1S/C14H16N2O4/c1-8-6-9(14(19)20)2-4-11(8)16-13(18)10-3-5-12(17)15-7-10/h2,4,6,10H,3,5,7H2,1H3,(H,15,17)(H,16,18)(H,19,20). The first-order valence-electron chi connectivity index (χ1n) is 6.39. The number of rotatable bonds is 3. The van der Waals surface area contributed by atoms with E-state index >= 15 is 0 Å². The molecule has 1 aromatic rings. The number of anilines is 1. The average Bonchev–Trinajstić information content (AvgIpc) is 2.41. The predicted molar refractivity (Wildman–Crippen MR) is 72.5 cm³/mol. The zero-order valence-electron chi connectivity index (χ0n) is 11.1. The third kappa shape index (κ3) is 3.14. The van der Waals surface area contributed by atoms with Crippen LogP contribution in [-0.2, 0) is 9.59 Å². The summed E-state index contributed by atoms with van der Waals surface area (Å²) in [5, 5.41) is 14.3. The molecule has 2 amide bonds. The number of benzene rings is 1. The minimum absolute atomic E-state index is 0.0314. The lowest BCUT2D eigenvalue weighted by atomic mass is 9.98. The Morgan fingerprint density at radius 1 is 1.40 bits per heavy atom. The van der Waals surface area contributed by atoms with Crippen LogP contribution in [-0.4, -0.2) is 29.4 Å². The van der Waals surface area contributed by atoms with Gasteiger partial charge in [-0.25, -0.2) is 4.79 Å². The molecule has 0 radical (unpaired) electrons. The number of aryl methyl sites for hydroxylation is 1. The van der Waals surface area contributed by atoms with Gasteiger partial charge in [-0.1, -0.05) is 0 Å². The van der Waals surface area contributed by atoms with Gasteiger partial charge in [-0.3, -0.25) is 9.59 Å². The molecule has 0 spiro atoms. The maximum Gasteiger partial charge on any atom is 0.335 e. The summed E-state index contributed by atoms with van der Waals surface area (Å²) >= 11 is 0. The maximum atomic E-state index is 12.1. The van der Waals surface area contributed by atoms with Gasteiger partial charge in [0, 0.05) is 18.7 Å². The van der Waals surface area contributed by atoms with Crippen LogP contribution in [0.15, 0.2) is 18.2 Å². The first-order chi connectivity index (χ1) is 9.47. The van der Waals surface area contributed by atoms with Gasteiger partial charge in [-0.15, -0.1) is 0 Å². The highest BCUT2D eigenvalue weighted by molar-refractivity contribution is 5.95. The average molecular weight is 276 g/mol. The summed E-state index contributed by atoms with van der Waals surface area (Å²) in [6.45, 7) is 2.08. The molecule has 1 saturated heterocycles. The molecule has 1 unspecified atom stereocenters. The highest BCUT2D eigenvalue weighted by atomic mass is 16.4. The van der Waals surface area contributed by atoms with E-state index in [0.717, 1.165) is 0 Å². The normalized spacial score (nSPS) is 18.2. The van der Waals surface area contributed by atoms with E-state index in [1.165, 1.54) is 12.1 Å². The number of hydrogen-bond donors (Lipinski definition) is 3. The van der Waals surface area contributed by atoms with Gasteiger partial charge in [-0.2, -0.15) is 0 Å². The molecule has 106 valence electrons. The van der Waals surface area contributed by atoms with E-state index in [4.69, 9.17) is 5.11 Å². The van der Waals surface area contributed by atoms with Crippen molar-refractivity contribution in [2.45, 2.75) is 19.8 Å². The van der Waals surface area contributed by atoms with E-state index in [9.17, 15) is 14.4 Å². The zero-order valence-corrected chi connectivity index (χ0v) is 11.1. The minimum Gasteiger partial charge on any atom is -0.478 e. The number of carbonyl (C=O) groups is 3. The quantitative estimate of drug-likeness (QED) is 0.772. The molecule has 0 saturated carbocycles. The van der Waals surface area contributed by atoms with Gasteiger partial charge in [0.15, 0.2) is 0 Å². The molecule has 0 aromatic heterocycles. The largest absolute Gasteiger partial charge is 0.478 e. The molecular formula is C14H16N2O4. The molecule has 1 heterocycles. The van der Waals surface area contributed by atoms with Crippen LogP contribution in [0.4, 0.5) is 5.69 Å². The van der Waals surface area contributed by atoms with Gasteiger partial charge in [0.2, 0.25) is 11.8 Å². The van der Waals surface area contributed by atoms with Gasteiger partial charge in [0.1, 0.15) is 0 Å². The number of amides is 2. The van der Waals surface area contributed by atoms with Crippen LogP contribution >= 0.6 is 0 Å². The van der Waals surface area contributed by atoms with E-state index < -0.39 is 5.97 Å². The third-order valence-corrected chi connectivity index (χ3v) is 3.37. The third-order valence-electron chi connectivity index (χ3n) is 3.37. The summed E-state index contributed by atoms with van der Waals surface area (Å²) in [6, 6.07) is 4.55. The Hall–Kier alpha value is -2.37. The van der Waals surface area contributed by atoms with Crippen molar-refractivity contribution in [1.29, 1.82) is 0 Å². The summed E-state index contributed by atoms with van der Waals surface area (Å²) in [4.78, 5) is 34.0. The molecule has 0 aliphatic carbocycles. The van der Waals surface area contributed by atoms with Gasteiger partial charge in [-0.05, 0) is 37.1 Å². The van der Waals surface area contributed by atoms with E-state index in [1.54, 1.807) is 13.0 Å². The van der Waals surface area contributed by atoms with Gasteiger partial charge >= 0.3 is 5.97 Å². The summed E-state index contributed by atoms with van der Waals surface area (Å²) in [6.07, 6.45) is 0.888. The zero-order chi connectivity index (χ0) is 14.7. The number of carboxylic acids is 1. The number of piperidine rings is 1. The molecule has 20 heavy (non-hydrogen) atoms. The lowest BCUT2D eigenvalue weighted by Gasteiger charge is -2.22. The lowest BCUT2D eigenvalue weighted by Crippen LogP contribution is -2.40. The van der Waals surface area contributed by atoms with Crippen molar-refractivity contribution < 1.29 is 19.5 Å². The second-order valence-electron chi connectivity index (χ2n) is 4.86. The van der Waals surface area contributed by atoms with Crippen molar-refractivity contribution in [1.82, 2.24) is 5.32 Å². The molecule has 1 aliphatic heterocycles. The van der Waals surface area contributed by atoms with Gasteiger partial charge < -0.3 is 15.7 Å². The molecular weight excluding hydrogens is 260 g/mol. The summed E-state index contributed by atoms with van der Waals surface area (Å²) in [5.41, 5.74) is 1.47. The summed E-state index contributed by atoms with van der Waals surface area (Å²) in [7, 11) is 0. The molecule has 0 bridgehead atoms. The monoisotopic (exact) mass is 276 g/mol.